The molecule has 2 aromatic rings. The van der Waals surface area contributed by atoms with Gasteiger partial charge < -0.3 is 10.1 Å². The molecule has 2 nitrogen and oxygen atoms in total. The topological polar surface area (TPSA) is 21.3 Å². The second-order valence-electron chi connectivity index (χ2n) is 4.69. The Morgan fingerprint density at radius 3 is 2.59 bits per heavy atom. The molecule has 0 aliphatic carbocycles. The predicted molar refractivity (Wildman–Crippen MR) is 94.3 cm³/mol. The highest BCUT2D eigenvalue weighted by Gasteiger charge is 2.11. The van der Waals surface area contributed by atoms with Gasteiger partial charge in [0.05, 0.1) is 5.02 Å². The van der Waals surface area contributed by atoms with E-state index in [4.69, 9.17) is 46.0 Å². The average molecular weight is 355 g/mol. The van der Waals surface area contributed by atoms with Crippen molar-refractivity contribution in [3.05, 3.63) is 56.5 Å². The van der Waals surface area contributed by atoms with Crippen LogP contribution in [0.25, 0.3) is 0 Å². The van der Waals surface area contributed by atoms with Crippen LogP contribution in [0.2, 0.25) is 15.1 Å². The van der Waals surface area contributed by atoms with E-state index in [9.17, 15) is 0 Å². The molecular formula is C17H14Cl3NO. The molecule has 1 N–H and O–H groups in total. The van der Waals surface area contributed by atoms with Crippen molar-refractivity contribution in [2.24, 2.45) is 0 Å². The van der Waals surface area contributed by atoms with Gasteiger partial charge in [-0.25, -0.2) is 0 Å². The maximum Gasteiger partial charge on any atom is 0.148 e. The number of hydrogen-bond acceptors (Lipinski definition) is 2. The van der Waals surface area contributed by atoms with Crippen molar-refractivity contribution in [1.82, 2.24) is 0 Å². The van der Waals surface area contributed by atoms with E-state index in [1.54, 1.807) is 12.1 Å². The lowest BCUT2D eigenvalue weighted by Gasteiger charge is -2.14. The van der Waals surface area contributed by atoms with Crippen LogP contribution in [0.3, 0.4) is 0 Å². The van der Waals surface area contributed by atoms with Gasteiger partial charge in [0.1, 0.15) is 12.4 Å². The number of terminal acetylenes is 1. The third kappa shape index (κ3) is 4.24. The average Bonchev–Trinajstić information content (AvgIpc) is 2.47. The Hall–Kier alpha value is -1.53. The van der Waals surface area contributed by atoms with Crippen molar-refractivity contribution < 1.29 is 4.74 Å². The van der Waals surface area contributed by atoms with Gasteiger partial charge in [-0.2, -0.15) is 0 Å². The van der Waals surface area contributed by atoms with E-state index in [1.807, 2.05) is 25.1 Å². The van der Waals surface area contributed by atoms with Crippen LogP contribution in [0.5, 0.6) is 5.75 Å². The quantitative estimate of drug-likeness (QED) is 0.708. The fraction of sp³-hybridized carbons (Fsp3) is 0.176. The van der Waals surface area contributed by atoms with Crippen molar-refractivity contribution in [2.45, 2.75) is 13.5 Å². The molecule has 0 aliphatic heterocycles. The van der Waals surface area contributed by atoms with Crippen molar-refractivity contribution >= 4 is 40.5 Å². The maximum atomic E-state index is 6.17. The lowest BCUT2D eigenvalue weighted by atomic mass is 10.1. The second kappa shape index (κ2) is 7.65. The number of ether oxygens (including phenoxy) is 1. The Kier molecular flexibility index (Phi) is 5.85. The van der Waals surface area contributed by atoms with Crippen LogP contribution >= 0.6 is 34.8 Å². The molecular weight excluding hydrogens is 341 g/mol. The predicted octanol–water partition coefficient (Wildman–Crippen LogP) is 5.58. The molecule has 0 heterocycles. The third-order valence-corrected chi connectivity index (χ3v) is 3.95. The zero-order valence-corrected chi connectivity index (χ0v) is 14.2. The number of anilines is 1. The summed E-state index contributed by atoms with van der Waals surface area (Å²) in [5.74, 6) is 2.96. The summed E-state index contributed by atoms with van der Waals surface area (Å²) in [7, 11) is 0. The lowest BCUT2D eigenvalue weighted by Crippen LogP contribution is -2.04. The molecule has 114 valence electrons. The van der Waals surface area contributed by atoms with Crippen LogP contribution in [0.1, 0.15) is 11.1 Å². The summed E-state index contributed by atoms with van der Waals surface area (Å²) >= 11 is 18.3. The molecule has 0 saturated heterocycles. The standard InChI is InChI=1S/C17H14Cl3NO/c1-3-6-22-17-12(7-13(18)8-16(17)20)10-21-14-5-4-11(2)15(19)9-14/h1,4-5,7-9,21H,6,10H2,2H3. The number of aryl methyl sites for hydroxylation is 1. The van der Waals surface area contributed by atoms with Gasteiger partial charge >= 0.3 is 0 Å². The largest absolute Gasteiger partial charge is 0.479 e. The number of hydrogen-bond donors (Lipinski definition) is 1. The molecule has 22 heavy (non-hydrogen) atoms. The summed E-state index contributed by atoms with van der Waals surface area (Å²) in [6, 6.07) is 9.19. The van der Waals surface area contributed by atoms with Crippen molar-refractivity contribution in [3.63, 3.8) is 0 Å². The molecule has 0 spiro atoms. The molecule has 0 saturated carbocycles. The Labute approximate surface area is 145 Å². The Morgan fingerprint density at radius 1 is 1.14 bits per heavy atom. The van der Waals surface area contributed by atoms with Crippen LogP contribution < -0.4 is 10.1 Å². The number of halogens is 3. The summed E-state index contributed by atoms with van der Waals surface area (Å²) in [6.45, 7) is 2.58. The van der Waals surface area contributed by atoms with Crippen molar-refractivity contribution in [2.75, 3.05) is 11.9 Å². The molecule has 0 radical (unpaired) electrons. The molecule has 5 heteroatoms. The fourth-order valence-corrected chi connectivity index (χ4v) is 2.69. The van der Waals surface area contributed by atoms with Crippen molar-refractivity contribution in [1.29, 1.82) is 0 Å². The second-order valence-corrected chi connectivity index (χ2v) is 5.94. The number of nitrogens with one attached hydrogen (secondary N) is 1. The lowest BCUT2D eigenvalue weighted by molar-refractivity contribution is 0.367. The smallest absolute Gasteiger partial charge is 0.148 e. The van der Waals surface area contributed by atoms with Gasteiger partial charge in [0, 0.05) is 27.8 Å². The first kappa shape index (κ1) is 16.8. The summed E-state index contributed by atoms with van der Waals surface area (Å²) in [6.07, 6.45) is 5.23. The molecule has 0 fully saturated rings. The summed E-state index contributed by atoms with van der Waals surface area (Å²) in [5, 5.41) is 4.94. The maximum absolute atomic E-state index is 6.17. The Morgan fingerprint density at radius 2 is 1.91 bits per heavy atom. The molecule has 0 amide bonds. The first-order chi connectivity index (χ1) is 10.5. The number of benzene rings is 2. The van der Waals surface area contributed by atoms with Gasteiger partial charge in [0.2, 0.25) is 0 Å². The molecule has 2 rings (SSSR count). The summed E-state index contributed by atoms with van der Waals surface area (Å²) in [5.41, 5.74) is 2.75. The Balaban J connectivity index is 2.20. The van der Waals surface area contributed by atoms with Crippen LogP contribution in [-0.4, -0.2) is 6.61 Å². The number of rotatable bonds is 5. The van der Waals surface area contributed by atoms with E-state index < -0.39 is 0 Å². The molecule has 0 aromatic heterocycles. The van der Waals surface area contributed by atoms with Gasteiger partial charge in [0.25, 0.3) is 0 Å². The zero-order chi connectivity index (χ0) is 16.1. The highest BCUT2D eigenvalue weighted by atomic mass is 35.5. The van der Waals surface area contributed by atoms with Gasteiger partial charge in [-0.15, -0.1) is 6.42 Å². The third-order valence-electron chi connectivity index (χ3n) is 3.04. The van der Waals surface area contributed by atoms with E-state index >= 15 is 0 Å². The van der Waals surface area contributed by atoms with Crippen LogP contribution in [0.15, 0.2) is 30.3 Å². The molecule has 0 atom stereocenters. The normalized spacial score (nSPS) is 10.1. The molecule has 0 aliphatic rings. The van der Waals surface area contributed by atoms with E-state index in [-0.39, 0.29) is 6.61 Å². The summed E-state index contributed by atoms with van der Waals surface area (Å²) in [4.78, 5) is 0. The minimum Gasteiger partial charge on any atom is -0.479 e. The highest BCUT2D eigenvalue weighted by Crippen LogP contribution is 2.33. The first-order valence-corrected chi connectivity index (χ1v) is 7.69. The van der Waals surface area contributed by atoms with E-state index in [2.05, 4.69) is 11.2 Å². The SMILES string of the molecule is C#CCOc1c(Cl)cc(Cl)cc1CNc1ccc(C)c(Cl)c1. The fourth-order valence-electron chi connectivity index (χ4n) is 1.92. The molecule has 0 bridgehead atoms. The van der Waals surface area contributed by atoms with Crippen LogP contribution in [0, 0.1) is 19.3 Å². The molecule has 2 aromatic carbocycles. The Bertz CT molecular complexity index is 723. The van der Waals surface area contributed by atoms with Gasteiger partial charge in [-0.3, -0.25) is 0 Å². The minimum atomic E-state index is 0.144. The monoisotopic (exact) mass is 353 g/mol. The zero-order valence-electron chi connectivity index (χ0n) is 11.9. The van der Waals surface area contributed by atoms with E-state index in [0.717, 1.165) is 16.8 Å². The first-order valence-electron chi connectivity index (χ1n) is 6.55. The van der Waals surface area contributed by atoms with Gasteiger partial charge in [0.15, 0.2) is 0 Å². The highest BCUT2D eigenvalue weighted by molar-refractivity contribution is 6.35. The van der Waals surface area contributed by atoms with Gasteiger partial charge in [-0.1, -0.05) is 46.8 Å². The van der Waals surface area contributed by atoms with Crippen LogP contribution in [-0.2, 0) is 6.54 Å². The van der Waals surface area contributed by atoms with Gasteiger partial charge in [-0.05, 0) is 36.8 Å². The van der Waals surface area contributed by atoms with E-state index in [0.29, 0.717) is 27.4 Å². The molecule has 0 unspecified atom stereocenters. The van der Waals surface area contributed by atoms with Crippen molar-refractivity contribution in [3.8, 4) is 18.1 Å². The minimum absolute atomic E-state index is 0.144. The van der Waals surface area contributed by atoms with E-state index in [1.165, 1.54) is 0 Å². The summed E-state index contributed by atoms with van der Waals surface area (Å²) < 4.78 is 5.51. The van der Waals surface area contributed by atoms with Crippen LogP contribution in [0.4, 0.5) is 5.69 Å².